The van der Waals surface area contributed by atoms with Crippen LogP contribution in [0.1, 0.15) is 17.2 Å². The van der Waals surface area contributed by atoms with Crippen molar-refractivity contribution in [1.82, 2.24) is 0 Å². The van der Waals surface area contributed by atoms with Gasteiger partial charge in [0.25, 0.3) is 0 Å². The lowest BCUT2D eigenvalue weighted by atomic mass is 10.1. The Balaban J connectivity index is 3.01. The predicted molar refractivity (Wildman–Crippen MR) is 69.9 cm³/mol. The summed E-state index contributed by atoms with van der Waals surface area (Å²) in [4.78, 5) is 11.2. The summed E-state index contributed by atoms with van der Waals surface area (Å²) in [7, 11) is 0.104. The third-order valence-electron chi connectivity index (χ3n) is 2.30. The molecule has 0 aliphatic heterocycles. The molecule has 17 heavy (non-hydrogen) atoms. The van der Waals surface area contributed by atoms with Crippen molar-refractivity contribution in [2.45, 2.75) is 11.7 Å². The highest BCUT2D eigenvalue weighted by atomic mass is 35.5. The molecule has 0 N–H and O–H groups in total. The van der Waals surface area contributed by atoms with E-state index in [1.165, 1.54) is 13.4 Å². The number of ether oxygens (including phenoxy) is 1. The molecular weight excluding hydrogens is 283 g/mol. The fraction of sp³-hybridized carbons (Fsp3) is 0.364. The summed E-state index contributed by atoms with van der Waals surface area (Å²) in [6.45, 7) is 0. The van der Waals surface area contributed by atoms with Crippen LogP contribution in [0.5, 0.6) is 0 Å². The van der Waals surface area contributed by atoms with Gasteiger partial charge in [-0.2, -0.15) is 0 Å². The fourth-order valence-electron chi connectivity index (χ4n) is 1.37. The van der Waals surface area contributed by atoms with E-state index in [2.05, 4.69) is 4.74 Å². The summed E-state index contributed by atoms with van der Waals surface area (Å²) >= 11 is 11.7. The standard InChI is InChI=1S/C11H12Cl2O3S/c1-16-11(14)6-10(17(2)15)7-3-4-8(12)9(13)5-7/h3-5,10H,6H2,1-2H3. The predicted octanol–water partition coefficient (Wildman–Crippen LogP) is 2.98. The summed E-state index contributed by atoms with van der Waals surface area (Å²) < 4.78 is 16.2. The monoisotopic (exact) mass is 294 g/mol. The van der Waals surface area contributed by atoms with Crippen LogP contribution in [-0.2, 0) is 20.3 Å². The smallest absolute Gasteiger partial charge is 0.307 e. The molecule has 0 amide bonds. The van der Waals surface area contributed by atoms with Gasteiger partial charge in [-0.25, -0.2) is 0 Å². The third-order valence-corrected chi connectivity index (χ3v) is 4.28. The highest BCUT2D eigenvalue weighted by molar-refractivity contribution is 7.84. The van der Waals surface area contributed by atoms with Crippen LogP contribution in [-0.4, -0.2) is 23.5 Å². The van der Waals surface area contributed by atoms with E-state index in [0.29, 0.717) is 15.6 Å². The first-order valence-electron chi connectivity index (χ1n) is 4.79. The van der Waals surface area contributed by atoms with E-state index in [9.17, 15) is 9.00 Å². The minimum Gasteiger partial charge on any atom is -0.469 e. The fourth-order valence-corrected chi connectivity index (χ4v) is 2.58. The quantitative estimate of drug-likeness (QED) is 0.802. The van der Waals surface area contributed by atoms with Gasteiger partial charge in [0.15, 0.2) is 0 Å². The van der Waals surface area contributed by atoms with Crippen LogP contribution < -0.4 is 0 Å². The summed E-state index contributed by atoms with van der Waals surface area (Å²) in [5, 5.41) is 0.371. The largest absolute Gasteiger partial charge is 0.469 e. The van der Waals surface area contributed by atoms with Crippen LogP contribution >= 0.6 is 23.2 Å². The van der Waals surface area contributed by atoms with Gasteiger partial charge in [0.1, 0.15) is 0 Å². The second-order valence-corrected chi connectivity index (χ2v) is 5.82. The molecule has 2 atom stereocenters. The Bertz CT molecular complexity index is 448. The summed E-state index contributed by atoms with van der Waals surface area (Å²) in [6, 6.07) is 4.96. The van der Waals surface area contributed by atoms with Gasteiger partial charge < -0.3 is 4.74 Å². The molecule has 0 aliphatic rings. The highest BCUT2D eigenvalue weighted by Crippen LogP contribution is 2.29. The normalized spacial score (nSPS) is 14.1. The molecular formula is C11H12Cl2O3S. The first-order chi connectivity index (χ1) is 7.95. The Kier molecular flexibility index (Phi) is 5.43. The molecule has 2 unspecified atom stereocenters. The van der Waals surface area contributed by atoms with Crippen molar-refractivity contribution in [1.29, 1.82) is 0 Å². The molecule has 94 valence electrons. The zero-order valence-corrected chi connectivity index (χ0v) is 11.7. The van der Waals surface area contributed by atoms with Crippen molar-refractivity contribution in [3.63, 3.8) is 0 Å². The number of methoxy groups -OCH3 is 1. The van der Waals surface area contributed by atoms with E-state index in [4.69, 9.17) is 23.2 Å². The molecule has 6 heteroatoms. The topological polar surface area (TPSA) is 43.4 Å². The average molecular weight is 295 g/mol. The number of esters is 1. The van der Waals surface area contributed by atoms with Crippen molar-refractivity contribution < 1.29 is 13.7 Å². The third kappa shape index (κ3) is 3.98. The second-order valence-electron chi connectivity index (χ2n) is 3.44. The van der Waals surface area contributed by atoms with E-state index >= 15 is 0 Å². The molecule has 0 saturated carbocycles. The molecule has 1 aromatic rings. The van der Waals surface area contributed by atoms with E-state index in [1.54, 1.807) is 18.2 Å². The zero-order valence-electron chi connectivity index (χ0n) is 9.41. The molecule has 1 aromatic carbocycles. The van der Waals surface area contributed by atoms with Crippen LogP contribution in [0.2, 0.25) is 10.0 Å². The van der Waals surface area contributed by atoms with Gasteiger partial charge in [-0.1, -0.05) is 29.3 Å². The SMILES string of the molecule is COC(=O)CC(c1ccc(Cl)c(Cl)c1)S(C)=O. The maximum absolute atomic E-state index is 11.6. The van der Waals surface area contributed by atoms with Crippen LogP contribution in [0.3, 0.4) is 0 Å². The van der Waals surface area contributed by atoms with E-state index in [1.807, 2.05) is 0 Å². The molecule has 3 nitrogen and oxygen atoms in total. The lowest BCUT2D eigenvalue weighted by Crippen LogP contribution is -2.12. The molecule has 0 aliphatic carbocycles. The molecule has 0 radical (unpaired) electrons. The Hall–Kier alpha value is -0.580. The minimum atomic E-state index is -1.19. The molecule has 0 fully saturated rings. The van der Waals surface area contributed by atoms with Gasteiger partial charge in [-0.15, -0.1) is 0 Å². The van der Waals surface area contributed by atoms with Crippen molar-refractivity contribution in [3.05, 3.63) is 33.8 Å². The number of benzene rings is 1. The number of hydrogen-bond acceptors (Lipinski definition) is 3. The maximum Gasteiger partial charge on any atom is 0.307 e. The van der Waals surface area contributed by atoms with Crippen molar-refractivity contribution in [2.75, 3.05) is 13.4 Å². The average Bonchev–Trinajstić information content (AvgIpc) is 2.29. The summed E-state index contributed by atoms with van der Waals surface area (Å²) in [5.74, 6) is -0.406. The molecule has 0 bridgehead atoms. The Morgan fingerprint density at radius 2 is 2.06 bits per heavy atom. The molecule has 0 saturated heterocycles. The van der Waals surface area contributed by atoms with Crippen molar-refractivity contribution >= 4 is 40.0 Å². The van der Waals surface area contributed by atoms with Crippen LogP contribution in [0.15, 0.2) is 18.2 Å². The van der Waals surface area contributed by atoms with Crippen LogP contribution in [0.25, 0.3) is 0 Å². The number of hydrogen-bond donors (Lipinski definition) is 0. The van der Waals surface area contributed by atoms with Gasteiger partial charge in [0.2, 0.25) is 0 Å². The van der Waals surface area contributed by atoms with Gasteiger partial charge in [-0.3, -0.25) is 9.00 Å². The number of halogens is 2. The minimum absolute atomic E-state index is 0.0531. The Labute approximate surface area is 113 Å². The van der Waals surface area contributed by atoms with Gasteiger partial charge in [-0.05, 0) is 17.7 Å². The molecule has 0 heterocycles. The maximum atomic E-state index is 11.6. The number of carbonyl (C=O) groups is 1. The number of rotatable bonds is 4. The molecule has 1 rings (SSSR count). The van der Waals surface area contributed by atoms with Gasteiger partial charge >= 0.3 is 5.97 Å². The number of carbonyl (C=O) groups excluding carboxylic acids is 1. The Morgan fingerprint density at radius 1 is 1.41 bits per heavy atom. The van der Waals surface area contributed by atoms with Crippen LogP contribution in [0, 0.1) is 0 Å². The molecule has 0 spiro atoms. The van der Waals surface area contributed by atoms with Crippen molar-refractivity contribution in [3.8, 4) is 0 Å². The first-order valence-corrected chi connectivity index (χ1v) is 7.17. The van der Waals surface area contributed by atoms with Crippen molar-refractivity contribution in [2.24, 2.45) is 0 Å². The van der Waals surface area contributed by atoms with Gasteiger partial charge in [0.05, 0.1) is 28.8 Å². The zero-order chi connectivity index (χ0) is 13.0. The Morgan fingerprint density at radius 3 is 2.53 bits per heavy atom. The van der Waals surface area contributed by atoms with Gasteiger partial charge in [0, 0.05) is 17.1 Å². The van der Waals surface area contributed by atoms with Crippen LogP contribution in [0.4, 0.5) is 0 Å². The van der Waals surface area contributed by atoms with E-state index < -0.39 is 22.0 Å². The van der Waals surface area contributed by atoms with E-state index in [0.717, 1.165) is 0 Å². The molecule has 0 aromatic heterocycles. The highest BCUT2D eigenvalue weighted by Gasteiger charge is 2.20. The lowest BCUT2D eigenvalue weighted by Gasteiger charge is -2.14. The summed E-state index contributed by atoms with van der Waals surface area (Å²) in [6.07, 6.45) is 1.59. The summed E-state index contributed by atoms with van der Waals surface area (Å²) in [5.41, 5.74) is 0.714. The van der Waals surface area contributed by atoms with E-state index in [-0.39, 0.29) is 6.42 Å². The first kappa shape index (κ1) is 14.5. The second kappa shape index (κ2) is 6.38. The lowest BCUT2D eigenvalue weighted by molar-refractivity contribution is -0.140.